The van der Waals surface area contributed by atoms with Crippen molar-refractivity contribution in [1.29, 1.82) is 0 Å². The zero-order valence-electron chi connectivity index (χ0n) is 10.6. The smallest absolute Gasteiger partial charge is 0.306 e. The Bertz CT molecular complexity index is 545. The van der Waals surface area contributed by atoms with Gasteiger partial charge in [-0.05, 0) is 12.5 Å². The van der Waals surface area contributed by atoms with Gasteiger partial charge in [0.1, 0.15) is 5.69 Å². The van der Waals surface area contributed by atoms with Crippen LogP contribution in [0.25, 0.3) is 0 Å². The summed E-state index contributed by atoms with van der Waals surface area (Å²) in [5.74, 6) is -1.54. The summed E-state index contributed by atoms with van der Waals surface area (Å²) in [6.45, 7) is 1.74. The average molecular weight is 283 g/mol. The molecule has 0 aliphatic heterocycles. The first kappa shape index (κ1) is 15.3. The van der Waals surface area contributed by atoms with Crippen molar-refractivity contribution < 1.29 is 19.7 Å². The van der Waals surface area contributed by atoms with Crippen LogP contribution in [0.1, 0.15) is 13.3 Å². The molecule has 2 N–H and O–H groups in total. The molecule has 0 aliphatic rings. The summed E-state index contributed by atoms with van der Waals surface area (Å²) in [4.78, 5) is 30.6. The molecule has 1 aromatic rings. The highest BCUT2D eigenvalue weighted by molar-refractivity contribution is 5.69. The van der Waals surface area contributed by atoms with Crippen LogP contribution in [0.2, 0.25) is 0 Å². The summed E-state index contributed by atoms with van der Waals surface area (Å²) in [5.41, 5.74) is -0.665. The van der Waals surface area contributed by atoms with E-state index in [2.05, 4.69) is 5.32 Å². The maximum absolute atomic E-state index is 10.9. The Balaban J connectivity index is 2.82. The number of nitro groups is 2. The fourth-order valence-corrected chi connectivity index (χ4v) is 1.48. The highest BCUT2D eigenvalue weighted by Crippen LogP contribution is 2.28. The number of aliphatic carboxylic acids is 1. The summed E-state index contributed by atoms with van der Waals surface area (Å²) in [6.07, 6.45) is 0.281. The van der Waals surface area contributed by atoms with Crippen molar-refractivity contribution in [3.8, 4) is 0 Å². The standard InChI is InChI=1S/C11H13N3O6/c1-7(11(15)16)4-5-12-9-3-2-8(13(17)18)6-10(9)14(19)20/h2-3,6-7,12H,4-5H2,1H3,(H,15,16). The molecule has 108 valence electrons. The number of anilines is 1. The van der Waals surface area contributed by atoms with Crippen molar-refractivity contribution in [2.24, 2.45) is 5.92 Å². The van der Waals surface area contributed by atoms with Crippen molar-refractivity contribution in [3.05, 3.63) is 38.4 Å². The third-order valence-corrected chi connectivity index (χ3v) is 2.70. The van der Waals surface area contributed by atoms with Gasteiger partial charge in [0.2, 0.25) is 0 Å². The number of nitrogens with one attached hydrogen (secondary N) is 1. The molecule has 0 amide bonds. The Labute approximate surface area is 113 Å². The van der Waals surface area contributed by atoms with Crippen molar-refractivity contribution in [1.82, 2.24) is 0 Å². The molecule has 1 atom stereocenters. The Morgan fingerprint density at radius 2 is 2.00 bits per heavy atom. The van der Waals surface area contributed by atoms with Crippen LogP contribution >= 0.6 is 0 Å². The Kier molecular flexibility index (Phi) is 4.95. The Morgan fingerprint density at radius 1 is 1.35 bits per heavy atom. The normalized spacial score (nSPS) is 11.7. The second kappa shape index (κ2) is 6.45. The SMILES string of the molecule is CC(CCNc1ccc([N+](=O)[O-])cc1[N+](=O)[O-])C(=O)O. The van der Waals surface area contributed by atoms with Crippen LogP contribution in [-0.4, -0.2) is 27.5 Å². The molecule has 1 unspecified atom stereocenters. The number of benzene rings is 1. The first-order valence-electron chi connectivity index (χ1n) is 5.72. The largest absolute Gasteiger partial charge is 0.481 e. The van der Waals surface area contributed by atoms with Gasteiger partial charge in [-0.2, -0.15) is 0 Å². The number of hydrogen-bond acceptors (Lipinski definition) is 6. The number of carboxylic acids is 1. The van der Waals surface area contributed by atoms with Crippen molar-refractivity contribution in [2.45, 2.75) is 13.3 Å². The summed E-state index contributed by atoms with van der Waals surface area (Å²) in [5, 5.41) is 32.8. The summed E-state index contributed by atoms with van der Waals surface area (Å²) < 4.78 is 0. The van der Waals surface area contributed by atoms with Crippen LogP contribution in [0.4, 0.5) is 17.1 Å². The summed E-state index contributed by atoms with van der Waals surface area (Å²) in [7, 11) is 0. The van der Waals surface area contributed by atoms with Gasteiger partial charge in [-0.25, -0.2) is 0 Å². The first-order valence-corrected chi connectivity index (χ1v) is 5.72. The van der Waals surface area contributed by atoms with Gasteiger partial charge in [0.05, 0.1) is 21.8 Å². The van der Waals surface area contributed by atoms with E-state index in [1.54, 1.807) is 0 Å². The van der Waals surface area contributed by atoms with Crippen LogP contribution in [-0.2, 0) is 4.79 Å². The third-order valence-electron chi connectivity index (χ3n) is 2.70. The van der Waals surface area contributed by atoms with Crippen molar-refractivity contribution >= 4 is 23.0 Å². The van der Waals surface area contributed by atoms with E-state index in [0.29, 0.717) is 0 Å². The van der Waals surface area contributed by atoms with Crippen LogP contribution in [0, 0.1) is 26.1 Å². The van der Waals surface area contributed by atoms with E-state index in [9.17, 15) is 25.0 Å². The second-order valence-corrected chi connectivity index (χ2v) is 4.17. The molecular formula is C11H13N3O6. The number of nitro benzene ring substituents is 2. The van der Waals surface area contributed by atoms with Gasteiger partial charge in [-0.3, -0.25) is 25.0 Å². The highest BCUT2D eigenvalue weighted by atomic mass is 16.6. The molecule has 0 fully saturated rings. The van der Waals surface area contributed by atoms with E-state index in [4.69, 9.17) is 5.11 Å². The minimum atomic E-state index is -0.954. The number of rotatable bonds is 7. The van der Waals surface area contributed by atoms with Gasteiger partial charge in [0.15, 0.2) is 0 Å². The highest BCUT2D eigenvalue weighted by Gasteiger charge is 2.19. The first-order chi connectivity index (χ1) is 9.32. The molecule has 0 heterocycles. The second-order valence-electron chi connectivity index (χ2n) is 4.17. The maximum atomic E-state index is 10.9. The van der Waals surface area contributed by atoms with Gasteiger partial charge >= 0.3 is 5.97 Å². The molecule has 0 saturated heterocycles. The van der Waals surface area contributed by atoms with E-state index in [1.165, 1.54) is 13.0 Å². The van der Waals surface area contributed by atoms with Gasteiger partial charge in [0.25, 0.3) is 11.4 Å². The predicted molar refractivity (Wildman–Crippen MR) is 69.7 cm³/mol. The van der Waals surface area contributed by atoms with Crippen LogP contribution in [0.3, 0.4) is 0 Å². The summed E-state index contributed by atoms with van der Waals surface area (Å²) in [6, 6.07) is 3.25. The molecule has 1 rings (SSSR count). The van der Waals surface area contributed by atoms with Gasteiger partial charge < -0.3 is 10.4 Å². The third kappa shape index (κ3) is 3.90. The van der Waals surface area contributed by atoms with Crippen LogP contribution in [0.5, 0.6) is 0 Å². The number of hydrogen-bond donors (Lipinski definition) is 2. The predicted octanol–water partition coefficient (Wildman–Crippen LogP) is 2.03. The van der Waals surface area contributed by atoms with Gasteiger partial charge in [-0.15, -0.1) is 0 Å². The van der Waals surface area contributed by atoms with E-state index >= 15 is 0 Å². The lowest BCUT2D eigenvalue weighted by Crippen LogP contribution is -2.14. The van der Waals surface area contributed by atoms with Crippen molar-refractivity contribution in [2.75, 3.05) is 11.9 Å². The number of carbonyl (C=O) groups is 1. The number of carboxylic acid groups (broad SMARTS) is 1. The lowest BCUT2D eigenvalue weighted by atomic mass is 10.1. The lowest BCUT2D eigenvalue weighted by molar-refractivity contribution is -0.393. The fourth-order valence-electron chi connectivity index (χ4n) is 1.48. The van der Waals surface area contributed by atoms with E-state index in [1.807, 2.05) is 0 Å². The Morgan fingerprint density at radius 3 is 2.50 bits per heavy atom. The number of non-ortho nitro benzene ring substituents is 1. The molecule has 0 aromatic heterocycles. The minimum absolute atomic E-state index is 0.123. The Hall–Kier alpha value is -2.71. The minimum Gasteiger partial charge on any atom is -0.481 e. The quantitative estimate of drug-likeness (QED) is 0.577. The van der Waals surface area contributed by atoms with Gasteiger partial charge in [0, 0.05) is 12.6 Å². The molecule has 0 spiro atoms. The molecule has 9 heteroatoms. The van der Waals surface area contributed by atoms with Crippen LogP contribution < -0.4 is 5.32 Å². The van der Waals surface area contributed by atoms with E-state index in [-0.39, 0.29) is 24.3 Å². The van der Waals surface area contributed by atoms with E-state index in [0.717, 1.165) is 12.1 Å². The lowest BCUT2D eigenvalue weighted by Gasteiger charge is -2.09. The molecule has 0 radical (unpaired) electrons. The molecular weight excluding hydrogens is 270 g/mol. The summed E-state index contributed by atoms with van der Waals surface area (Å²) >= 11 is 0. The van der Waals surface area contributed by atoms with E-state index < -0.39 is 27.4 Å². The zero-order chi connectivity index (χ0) is 15.3. The van der Waals surface area contributed by atoms with Gasteiger partial charge in [-0.1, -0.05) is 6.92 Å². The number of nitrogens with zero attached hydrogens (tertiary/aromatic N) is 2. The molecule has 9 nitrogen and oxygen atoms in total. The molecule has 0 aliphatic carbocycles. The molecule has 20 heavy (non-hydrogen) atoms. The molecule has 1 aromatic carbocycles. The van der Waals surface area contributed by atoms with Crippen molar-refractivity contribution in [3.63, 3.8) is 0 Å². The molecule has 0 bridgehead atoms. The monoisotopic (exact) mass is 283 g/mol. The maximum Gasteiger partial charge on any atom is 0.306 e. The molecule has 0 saturated carbocycles. The fraction of sp³-hybridized carbons (Fsp3) is 0.364. The zero-order valence-corrected chi connectivity index (χ0v) is 10.6. The van der Waals surface area contributed by atoms with Crippen LogP contribution in [0.15, 0.2) is 18.2 Å². The topological polar surface area (TPSA) is 136 Å². The average Bonchev–Trinajstić information content (AvgIpc) is 2.38.